The summed E-state index contributed by atoms with van der Waals surface area (Å²) in [5.41, 5.74) is 1.13. The van der Waals surface area contributed by atoms with Gasteiger partial charge in [0.1, 0.15) is 11.6 Å². The molecule has 3 rings (SSSR count). The van der Waals surface area contributed by atoms with Crippen LogP contribution < -0.4 is 10.1 Å². The van der Waals surface area contributed by atoms with Gasteiger partial charge in [-0.05, 0) is 31.2 Å². The lowest BCUT2D eigenvalue weighted by Crippen LogP contribution is -2.12. The summed E-state index contributed by atoms with van der Waals surface area (Å²) in [7, 11) is 0. The fourth-order valence-electron chi connectivity index (χ4n) is 2.38. The molecule has 27 heavy (non-hydrogen) atoms. The molecular weight excluding hydrogens is 355 g/mol. The average Bonchev–Trinajstić information content (AvgIpc) is 3.14. The van der Waals surface area contributed by atoms with Crippen LogP contribution in [-0.2, 0) is 0 Å². The molecule has 1 N–H and O–H groups in total. The molecule has 1 aromatic heterocycles. The SMILES string of the molecule is CCOc1cc(F)ccc1NC(=O)c1cnn(-c2ccc([N+](=O)[O-])cc2)c1. The van der Waals surface area contributed by atoms with Gasteiger partial charge in [-0.25, -0.2) is 9.07 Å². The minimum atomic E-state index is -0.496. The monoisotopic (exact) mass is 370 g/mol. The number of hydrogen-bond donors (Lipinski definition) is 1. The zero-order valence-electron chi connectivity index (χ0n) is 14.3. The maximum absolute atomic E-state index is 13.4. The molecule has 0 saturated heterocycles. The molecule has 0 atom stereocenters. The first-order valence-electron chi connectivity index (χ1n) is 8.01. The Balaban J connectivity index is 1.78. The Morgan fingerprint density at radius 2 is 2.04 bits per heavy atom. The molecule has 0 saturated carbocycles. The summed E-state index contributed by atoms with van der Waals surface area (Å²) >= 11 is 0. The van der Waals surface area contributed by atoms with Crippen LogP contribution in [0.15, 0.2) is 54.9 Å². The van der Waals surface area contributed by atoms with Gasteiger partial charge in [0.2, 0.25) is 0 Å². The number of anilines is 1. The second kappa shape index (κ2) is 7.65. The summed E-state index contributed by atoms with van der Waals surface area (Å²) in [6.07, 6.45) is 2.85. The summed E-state index contributed by atoms with van der Waals surface area (Å²) in [5.74, 6) is -0.688. The number of nitro groups is 1. The van der Waals surface area contributed by atoms with Gasteiger partial charge >= 0.3 is 0 Å². The Labute approximate surface area is 153 Å². The predicted molar refractivity (Wildman–Crippen MR) is 95.7 cm³/mol. The Morgan fingerprint density at radius 3 is 2.70 bits per heavy atom. The van der Waals surface area contributed by atoms with Crippen molar-refractivity contribution in [3.05, 3.63) is 76.4 Å². The van der Waals surface area contributed by atoms with Crippen molar-refractivity contribution in [3.8, 4) is 11.4 Å². The third-order valence-corrected chi connectivity index (χ3v) is 3.66. The predicted octanol–water partition coefficient (Wildman–Crippen LogP) is 3.57. The van der Waals surface area contributed by atoms with E-state index in [1.54, 1.807) is 6.92 Å². The molecular formula is C18H15FN4O4. The first-order chi connectivity index (χ1) is 13.0. The lowest BCUT2D eigenvalue weighted by Gasteiger charge is -2.10. The molecule has 0 aliphatic rings. The number of non-ortho nitro benzene ring substituents is 1. The summed E-state index contributed by atoms with van der Waals surface area (Å²) in [6.45, 7) is 2.08. The van der Waals surface area contributed by atoms with Crippen molar-refractivity contribution in [2.24, 2.45) is 0 Å². The summed E-state index contributed by atoms with van der Waals surface area (Å²) < 4.78 is 20.1. The van der Waals surface area contributed by atoms with Gasteiger partial charge in [-0.3, -0.25) is 14.9 Å². The second-order valence-corrected chi connectivity index (χ2v) is 5.47. The minimum Gasteiger partial charge on any atom is -0.492 e. The molecule has 0 aliphatic carbocycles. The molecule has 0 unspecified atom stereocenters. The van der Waals surface area contributed by atoms with Crippen LogP contribution in [0.5, 0.6) is 5.75 Å². The zero-order chi connectivity index (χ0) is 19.4. The summed E-state index contributed by atoms with van der Waals surface area (Å²) in [5, 5.41) is 17.5. The lowest BCUT2D eigenvalue weighted by atomic mass is 10.2. The van der Waals surface area contributed by atoms with Crippen LogP contribution >= 0.6 is 0 Å². The first kappa shape index (κ1) is 18.1. The molecule has 0 fully saturated rings. The highest BCUT2D eigenvalue weighted by molar-refractivity contribution is 6.04. The number of halogens is 1. The maximum atomic E-state index is 13.4. The fourth-order valence-corrected chi connectivity index (χ4v) is 2.38. The molecule has 0 spiro atoms. The molecule has 1 heterocycles. The second-order valence-electron chi connectivity index (χ2n) is 5.47. The van der Waals surface area contributed by atoms with Crippen LogP contribution in [0.4, 0.5) is 15.8 Å². The number of rotatable bonds is 6. The number of carbonyl (C=O) groups excluding carboxylic acids is 1. The van der Waals surface area contributed by atoms with Gasteiger partial charge in [-0.1, -0.05) is 0 Å². The van der Waals surface area contributed by atoms with E-state index >= 15 is 0 Å². The molecule has 8 nitrogen and oxygen atoms in total. The number of nitrogens with one attached hydrogen (secondary N) is 1. The highest BCUT2D eigenvalue weighted by atomic mass is 19.1. The molecule has 138 valence electrons. The van der Waals surface area contributed by atoms with E-state index in [9.17, 15) is 19.3 Å². The van der Waals surface area contributed by atoms with E-state index in [-0.39, 0.29) is 17.0 Å². The van der Waals surface area contributed by atoms with Crippen LogP contribution in [0.25, 0.3) is 5.69 Å². The van der Waals surface area contributed by atoms with Crippen LogP contribution in [0.1, 0.15) is 17.3 Å². The van der Waals surface area contributed by atoms with Crippen LogP contribution in [0.3, 0.4) is 0 Å². The van der Waals surface area contributed by atoms with Gasteiger partial charge in [-0.15, -0.1) is 0 Å². The quantitative estimate of drug-likeness (QED) is 0.528. The average molecular weight is 370 g/mol. The fraction of sp³-hybridized carbons (Fsp3) is 0.111. The molecule has 1 amide bonds. The third kappa shape index (κ3) is 4.09. The van der Waals surface area contributed by atoms with E-state index in [0.29, 0.717) is 18.0 Å². The standard InChI is InChI=1S/C18H15FN4O4/c1-2-27-17-9-13(19)3-8-16(17)21-18(24)12-10-20-22(11-12)14-4-6-15(7-5-14)23(25)26/h3-11H,2H2,1H3,(H,21,24). The van der Waals surface area contributed by atoms with Gasteiger partial charge in [0, 0.05) is 24.4 Å². The number of nitrogens with zero attached hydrogens (tertiary/aromatic N) is 3. The normalized spacial score (nSPS) is 10.4. The van der Waals surface area contributed by atoms with Crippen molar-refractivity contribution < 1.29 is 18.8 Å². The van der Waals surface area contributed by atoms with Crippen molar-refractivity contribution in [2.45, 2.75) is 6.92 Å². The van der Waals surface area contributed by atoms with Crippen molar-refractivity contribution >= 4 is 17.3 Å². The number of amides is 1. The Hall–Kier alpha value is -3.75. The molecule has 0 bridgehead atoms. The van der Waals surface area contributed by atoms with Crippen molar-refractivity contribution in [3.63, 3.8) is 0 Å². The molecule has 9 heteroatoms. The Bertz CT molecular complexity index is 985. The highest BCUT2D eigenvalue weighted by Crippen LogP contribution is 2.26. The van der Waals surface area contributed by atoms with E-state index in [2.05, 4.69) is 10.4 Å². The van der Waals surface area contributed by atoms with E-state index in [4.69, 9.17) is 4.74 Å². The minimum absolute atomic E-state index is 0.0383. The van der Waals surface area contributed by atoms with E-state index < -0.39 is 16.6 Å². The number of ether oxygens (including phenoxy) is 1. The van der Waals surface area contributed by atoms with Gasteiger partial charge in [0.05, 0.1) is 34.7 Å². The van der Waals surface area contributed by atoms with Gasteiger partial charge in [-0.2, -0.15) is 5.10 Å². The van der Waals surface area contributed by atoms with E-state index in [1.807, 2.05) is 0 Å². The smallest absolute Gasteiger partial charge is 0.269 e. The number of carbonyl (C=O) groups is 1. The van der Waals surface area contributed by atoms with Crippen molar-refractivity contribution in [2.75, 3.05) is 11.9 Å². The van der Waals surface area contributed by atoms with Gasteiger partial charge in [0.25, 0.3) is 11.6 Å². The number of aromatic nitrogens is 2. The molecule has 0 radical (unpaired) electrons. The third-order valence-electron chi connectivity index (χ3n) is 3.66. The van der Waals surface area contributed by atoms with E-state index in [1.165, 1.54) is 59.5 Å². The highest BCUT2D eigenvalue weighted by Gasteiger charge is 2.14. The van der Waals surface area contributed by atoms with E-state index in [0.717, 1.165) is 0 Å². The van der Waals surface area contributed by atoms with Gasteiger partial charge in [0.15, 0.2) is 0 Å². The number of nitro benzene ring substituents is 1. The first-order valence-corrected chi connectivity index (χ1v) is 8.01. The van der Waals surface area contributed by atoms with Crippen LogP contribution in [0.2, 0.25) is 0 Å². The topological polar surface area (TPSA) is 99.3 Å². The molecule has 2 aromatic carbocycles. The largest absolute Gasteiger partial charge is 0.492 e. The van der Waals surface area contributed by atoms with Crippen LogP contribution in [-0.4, -0.2) is 27.2 Å². The Morgan fingerprint density at radius 1 is 1.30 bits per heavy atom. The van der Waals surface area contributed by atoms with Crippen molar-refractivity contribution in [1.29, 1.82) is 0 Å². The summed E-state index contributed by atoms with van der Waals surface area (Å²) in [6, 6.07) is 9.59. The molecule has 0 aliphatic heterocycles. The number of benzene rings is 2. The Kier molecular flexibility index (Phi) is 5.11. The maximum Gasteiger partial charge on any atom is 0.269 e. The number of hydrogen-bond acceptors (Lipinski definition) is 5. The summed E-state index contributed by atoms with van der Waals surface area (Å²) in [4.78, 5) is 22.7. The molecule has 3 aromatic rings. The van der Waals surface area contributed by atoms with Crippen LogP contribution in [0, 0.1) is 15.9 Å². The zero-order valence-corrected chi connectivity index (χ0v) is 14.3. The van der Waals surface area contributed by atoms with Gasteiger partial charge < -0.3 is 10.1 Å². The lowest BCUT2D eigenvalue weighted by molar-refractivity contribution is -0.384. The van der Waals surface area contributed by atoms with Crippen molar-refractivity contribution in [1.82, 2.24) is 9.78 Å².